The average Bonchev–Trinajstić information content (AvgIpc) is 3.51. The van der Waals surface area contributed by atoms with E-state index in [1.54, 1.807) is 16.2 Å². The van der Waals surface area contributed by atoms with E-state index in [4.69, 9.17) is 21.1 Å². The van der Waals surface area contributed by atoms with Gasteiger partial charge < -0.3 is 9.84 Å². The molecule has 1 unspecified atom stereocenters. The third-order valence-electron chi connectivity index (χ3n) is 5.87. The summed E-state index contributed by atoms with van der Waals surface area (Å²) in [5, 5.41) is 10.00. The molecule has 6 nitrogen and oxygen atoms in total. The predicted octanol–water partition coefficient (Wildman–Crippen LogP) is 6.50. The van der Waals surface area contributed by atoms with Gasteiger partial charge in [0.1, 0.15) is 0 Å². The molecule has 172 valence electrons. The SMILES string of the molecule is CC1=C(c2nc(-c3cccc(C)c3)no2)C(c2cccc(Cl)c2)NC(=O)N1CCc1cccs1. The van der Waals surface area contributed by atoms with Crippen LogP contribution in [0.4, 0.5) is 4.79 Å². The maximum Gasteiger partial charge on any atom is 0.322 e. The van der Waals surface area contributed by atoms with Crippen LogP contribution in [0.15, 0.2) is 76.3 Å². The first-order chi connectivity index (χ1) is 16.5. The topological polar surface area (TPSA) is 71.3 Å². The molecular weight excluding hydrogens is 468 g/mol. The zero-order valence-corrected chi connectivity index (χ0v) is 20.4. The lowest BCUT2D eigenvalue weighted by molar-refractivity contribution is 0.205. The number of allylic oxidation sites excluding steroid dienone is 1. The van der Waals surface area contributed by atoms with Crippen molar-refractivity contribution in [2.24, 2.45) is 0 Å². The van der Waals surface area contributed by atoms with E-state index in [1.807, 2.05) is 73.8 Å². The van der Waals surface area contributed by atoms with E-state index in [1.165, 1.54) is 4.88 Å². The molecule has 2 aromatic heterocycles. The third-order valence-corrected chi connectivity index (χ3v) is 7.04. The van der Waals surface area contributed by atoms with Gasteiger partial charge in [-0.25, -0.2) is 4.79 Å². The van der Waals surface area contributed by atoms with Crippen molar-refractivity contribution in [1.82, 2.24) is 20.4 Å². The number of carbonyl (C=O) groups excluding carboxylic acids is 1. The highest BCUT2D eigenvalue weighted by molar-refractivity contribution is 7.09. The van der Waals surface area contributed by atoms with E-state index in [9.17, 15) is 4.79 Å². The fourth-order valence-corrected chi connectivity index (χ4v) is 5.07. The van der Waals surface area contributed by atoms with Crippen molar-refractivity contribution < 1.29 is 9.32 Å². The summed E-state index contributed by atoms with van der Waals surface area (Å²) in [4.78, 5) is 20.8. The number of carbonyl (C=O) groups is 1. The van der Waals surface area contributed by atoms with Crippen LogP contribution in [0.2, 0.25) is 5.02 Å². The Morgan fingerprint density at radius 2 is 1.97 bits per heavy atom. The van der Waals surface area contributed by atoms with Crippen molar-refractivity contribution in [2.75, 3.05) is 6.54 Å². The van der Waals surface area contributed by atoms with Gasteiger partial charge >= 0.3 is 6.03 Å². The molecule has 2 aromatic carbocycles. The maximum absolute atomic E-state index is 13.2. The molecule has 2 amide bonds. The van der Waals surface area contributed by atoms with Crippen LogP contribution in [0.5, 0.6) is 0 Å². The van der Waals surface area contributed by atoms with E-state index in [2.05, 4.69) is 16.5 Å². The average molecular weight is 491 g/mol. The largest absolute Gasteiger partial charge is 0.334 e. The number of aromatic nitrogens is 2. The molecule has 3 heterocycles. The standard InChI is InChI=1S/C26H23ClN4O2S/c1-16-6-3-8-19(14-16)24-29-25(33-30-24)22-17(2)31(12-11-21-10-5-13-34-21)26(32)28-23(22)18-7-4-9-20(27)15-18/h3-10,13-15,23H,11-12H2,1-2H3,(H,28,32). The molecule has 0 radical (unpaired) electrons. The molecule has 0 saturated heterocycles. The molecule has 0 fully saturated rings. The Hall–Kier alpha value is -3.42. The van der Waals surface area contributed by atoms with Crippen molar-refractivity contribution in [1.29, 1.82) is 0 Å². The Balaban J connectivity index is 1.56. The molecule has 1 aliphatic rings. The normalized spacial score (nSPS) is 16.1. The number of hydrogen-bond acceptors (Lipinski definition) is 5. The Kier molecular flexibility index (Phi) is 6.22. The van der Waals surface area contributed by atoms with E-state index >= 15 is 0 Å². The fraction of sp³-hybridized carbons (Fsp3) is 0.192. The summed E-state index contributed by atoms with van der Waals surface area (Å²) in [5.74, 6) is 0.881. The van der Waals surface area contributed by atoms with Crippen molar-refractivity contribution in [3.05, 3.63) is 98.7 Å². The maximum atomic E-state index is 13.2. The van der Waals surface area contributed by atoms with Gasteiger partial charge in [-0.3, -0.25) is 4.90 Å². The number of rotatable bonds is 6. The Morgan fingerprint density at radius 3 is 2.74 bits per heavy atom. The summed E-state index contributed by atoms with van der Waals surface area (Å²) < 4.78 is 5.76. The summed E-state index contributed by atoms with van der Waals surface area (Å²) in [6.07, 6.45) is 0.760. The van der Waals surface area contributed by atoms with Crippen LogP contribution in [0.25, 0.3) is 17.0 Å². The van der Waals surface area contributed by atoms with Gasteiger partial charge in [0.15, 0.2) is 0 Å². The molecular formula is C26H23ClN4O2S. The minimum atomic E-state index is -0.463. The number of nitrogens with one attached hydrogen (secondary N) is 1. The molecule has 0 saturated carbocycles. The van der Waals surface area contributed by atoms with Crippen LogP contribution in [0.1, 0.15) is 34.9 Å². The molecule has 1 N–H and O–H groups in total. The highest BCUT2D eigenvalue weighted by Gasteiger charge is 2.35. The van der Waals surface area contributed by atoms with Crippen molar-refractivity contribution >= 4 is 34.5 Å². The van der Waals surface area contributed by atoms with Crippen molar-refractivity contribution in [3.63, 3.8) is 0 Å². The number of benzene rings is 2. The van der Waals surface area contributed by atoms with Gasteiger partial charge in [0.25, 0.3) is 5.89 Å². The second-order valence-electron chi connectivity index (χ2n) is 8.21. The van der Waals surface area contributed by atoms with Gasteiger partial charge in [0.05, 0.1) is 11.6 Å². The second kappa shape index (κ2) is 9.44. The molecule has 4 aromatic rings. The minimum absolute atomic E-state index is 0.166. The van der Waals surface area contributed by atoms with E-state index < -0.39 is 6.04 Å². The fourth-order valence-electron chi connectivity index (χ4n) is 4.17. The molecule has 8 heteroatoms. The van der Waals surface area contributed by atoms with Crippen molar-refractivity contribution in [3.8, 4) is 11.4 Å². The second-order valence-corrected chi connectivity index (χ2v) is 9.68. The number of urea groups is 1. The van der Waals surface area contributed by atoms with Crippen LogP contribution >= 0.6 is 22.9 Å². The molecule has 1 aliphatic heterocycles. The van der Waals surface area contributed by atoms with E-state index in [0.717, 1.165) is 34.4 Å². The number of hydrogen-bond donors (Lipinski definition) is 1. The highest BCUT2D eigenvalue weighted by atomic mass is 35.5. The van der Waals surface area contributed by atoms with Gasteiger partial charge in [-0.2, -0.15) is 4.98 Å². The monoisotopic (exact) mass is 490 g/mol. The summed E-state index contributed by atoms with van der Waals surface area (Å²) >= 11 is 7.96. The predicted molar refractivity (Wildman–Crippen MR) is 135 cm³/mol. The molecule has 0 bridgehead atoms. The van der Waals surface area contributed by atoms with Gasteiger partial charge in [-0.1, -0.05) is 58.7 Å². The Morgan fingerprint density at radius 1 is 1.12 bits per heavy atom. The molecule has 34 heavy (non-hydrogen) atoms. The van der Waals surface area contributed by atoms with Gasteiger partial charge in [-0.05, 0) is 55.5 Å². The van der Waals surface area contributed by atoms with Crippen LogP contribution in [0, 0.1) is 6.92 Å². The minimum Gasteiger partial charge on any atom is -0.334 e. The smallest absolute Gasteiger partial charge is 0.322 e. The van der Waals surface area contributed by atoms with Crippen LogP contribution in [-0.2, 0) is 6.42 Å². The first kappa shape index (κ1) is 22.4. The first-order valence-corrected chi connectivity index (χ1v) is 12.2. The summed E-state index contributed by atoms with van der Waals surface area (Å²) in [6.45, 7) is 4.49. The number of halogens is 1. The Bertz CT molecular complexity index is 1360. The summed E-state index contributed by atoms with van der Waals surface area (Å²) in [7, 11) is 0. The van der Waals surface area contributed by atoms with Crippen LogP contribution < -0.4 is 5.32 Å². The lowest BCUT2D eigenvalue weighted by Crippen LogP contribution is -2.46. The summed E-state index contributed by atoms with van der Waals surface area (Å²) in [6, 6.07) is 18.9. The third kappa shape index (κ3) is 4.49. The van der Waals surface area contributed by atoms with Gasteiger partial charge in [0, 0.05) is 27.7 Å². The zero-order valence-electron chi connectivity index (χ0n) is 18.8. The molecule has 0 aliphatic carbocycles. The number of nitrogens with zero attached hydrogens (tertiary/aromatic N) is 3. The van der Waals surface area contributed by atoms with E-state index in [-0.39, 0.29) is 6.03 Å². The quantitative estimate of drug-likeness (QED) is 0.335. The number of amides is 2. The first-order valence-electron chi connectivity index (χ1n) is 11.0. The van der Waals surface area contributed by atoms with Gasteiger partial charge in [-0.15, -0.1) is 11.3 Å². The van der Waals surface area contributed by atoms with E-state index in [0.29, 0.717) is 23.3 Å². The lowest BCUT2D eigenvalue weighted by atomic mass is 9.94. The molecule has 0 spiro atoms. The molecule has 5 rings (SSSR count). The van der Waals surface area contributed by atoms with Gasteiger partial charge in [0.2, 0.25) is 5.82 Å². The summed E-state index contributed by atoms with van der Waals surface area (Å²) in [5.41, 5.74) is 4.38. The van der Waals surface area contributed by atoms with Crippen LogP contribution in [0.3, 0.4) is 0 Å². The van der Waals surface area contributed by atoms with Crippen molar-refractivity contribution in [2.45, 2.75) is 26.3 Å². The zero-order chi connectivity index (χ0) is 23.7. The highest BCUT2D eigenvalue weighted by Crippen LogP contribution is 2.38. The number of thiophene rings is 1. The lowest BCUT2D eigenvalue weighted by Gasteiger charge is -2.35. The Labute approximate surface area is 206 Å². The number of aryl methyl sites for hydroxylation is 1. The molecule has 1 atom stereocenters. The van der Waals surface area contributed by atoms with Crippen LogP contribution in [-0.4, -0.2) is 27.6 Å².